The van der Waals surface area contributed by atoms with Crippen LogP contribution in [0.3, 0.4) is 0 Å². The van der Waals surface area contributed by atoms with Gasteiger partial charge in [-0.1, -0.05) is 63.4 Å². The zero-order valence-electron chi connectivity index (χ0n) is 14.4. The average Bonchev–Trinajstić information content (AvgIpc) is 2.59. The van der Waals surface area contributed by atoms with Crippen LogP contribution in [0.4, 0.5) is 0 Å². The number of hydrogen-bond acceptors (Lipinski definition) is 2. The van der Waals surface area contributed by atoms with Crippen molar-refractivity contribution < 1.29 is 9.59 Å². The van der Waals surface area contributed by atoms with Crippen LogP contribution in [0.5, 0.6) is 0 Å². The molecule has 128 valence electrons. The molecule has 0 aliphatic rings. The van der Waals surface area contributed by atoms with Crippen LogP contribution in [0.25, 0.3) is 0 Å². The van der Waals surface area contributed by atoms with Crippen molar-refractivity contribution in [3.05, 3.63) is 35.9 Å². The maximum Gasteiger partial charge on any atom is 0.220 e. The van der Waals surface area contributed by atoms with Gasteiger partial charge in [-0.3, -0.25) is 9.59 Å². The van der Waals surface area contributed by atoms with E-state index in [1.54, 1.807) is 0 Å². The molecule has 0 bridgehead atoms. The Bertz CT molecular complexity index is 460. The topological polar surface area (TPSA) is 58.2 Å². The van der Waals surface area contributed by atoms with E-state index in [0.29, 0.717) is 12.5 Å². The van der Waals surface area contributed by atoms with E-state index >= 15 is 0 Å². The van der Waals surface area contributed by atoms with Gasteiger partial charge in [0.15, 0.2) is 0 Å². The van der Waals surface area contributed by atoms with Gasteiger partial charge in [-0.2, -0.15) is 0 Å². The summed E-state index contributed by atoms with van der Waals surface area (Å²) in [5.74, 6) is 0.433. The second-order valence-electron chi connectivity index (χ2n) is 5.98. The summed E-state index contributed by atoms with van der Waals surface area (Å²) in [6.07, 6.45) is 5.13. The first-order chi connectivity index (χ1) is 11.2. The first kappa shape index (κ1) is 19.2. The van der Waals surface area contributed by atoms with Crippen LogP contribution in [0.1, 0.15) is 57.9 Å². The van der Waals surface area contributed by atoms with E-state index in [1.165, 1.54) is 12.8 Å². The van der Waals surface area contributed by atoms with Gasteiger partial charge in [0.1, 0.15) is 0 Å². The van der Waals surface area contributed by atoms with Gasteiger partial charge in [-0.15, -0.1) is 0 Å². The molecule has 0 aliphatic carbocycles. The highest BCUT2D eigenvalue weighted by atomic mass is 16.2. The summed E-state index contributed by atoms with van der Waals surface area (Å²) in [5, 5.41) is 5.79. The molecular formula is C19H30N2O2. The van der Waals surface area contributed by atoms with Gasteiger partial charge in [0.25, 0.3) is 0 Å². The van der Waals surface area contributed by atoms with Gasteiger partial charge < -0.3 is 10.6 Å². The normalized spacial score (nSPS) is 11.7. The first-order valence-electron chi connectivity index (χ1n) is 8.73. The summed E-state index contributed by atoms with van der Waals surface area (Å²) in [4.78, 5) is 23.6. The van der Waals surface area contributed by atoms with Crippen molar-refractivity contribution in [1.29, 1.82) is 0 Å². The average molecular weight is 318 g/mol. The number of hydrogen-bond donors (Lipinski definition) is 2. The first-order valence-corrected chi connectivity index (χ1v) is 8.73. The highest BCUT2D eigenvalue weighted by molar-refractivity contribution is 5.83. The van der Waals surface area contributed by atoms with Crippen molar-refractivity contribution in [1.82, 2.24) is 10.6 Å². The fraction of sp³-hybridized carbons (Fsp3) is 0.579. The molecule has 0 radical (unpaired) electrons. The SMILES string of the molecule is CCCC[C@H](CC)CNC(=O)CCC(=O)NCc1ccccc1. The number of amides is 2. The van der Waals surface area contributed by atoms with Crippen LogP contribution in [0.2, 0.25) is 0 Å². The van der Waals surface area contributed by atoms with Gasteiger partial charge in [-0.25, -0.2) is 0 Å². The van der Waals surface area contributed by atoms with Crippen molar-refractivity contribution in [3.63, 3.8) is 0 Å². The Morgan fingerprint density at radius 2 is 1.65 bits per heavy atom. The van der Waals surface area contributed by atoms with Crippen LogP contribution in [0.15, 0.2) is 30.3 Å². The Morgan fingerprint density at radius 3 is 2.26 bits per heavy atom. The smallest absolute Gasteiger partial charge is 0.220 e. The summed E-state index contributed by atoms with van der Waals surface area (Å²) < 4.78 is 0. The molecular weight excluding hydrogens is 288 g/mol. The number of nitrogens with one attached hydrogen (secondary N) is 2. The largest absolute Gasteiger partial charge is 0.356 e. The summed E-state index contributed by atoms with van der Waals surface area (Å²) in [5.41, 5.74) is 1.06. The second kappa shape index (κ2) is 11.7. The van der Waals surface area contributed by atoms with Crippen LogP contribution in [-0.2, 0) is 16.1 Å². The molecule has 1 aromatic rings. The lowest BCUT2D eigenvalue weighted by Gasteiger charge is -2.15. The molecule has 0 aromatic heterocycles. The minimum Gasteiger partial charge on any atom is -0.356 e. The molecule has 1 rings (SSSR count). The summed E-state index contributed by atoms with van der Waals surface area (Å²) in [7, 11) is 0. The highest BCUT2D eigenvalue weighted by Crippen LogP contribution is 2.11. The van der Waals surface area contributed by atoms with E-state index in [2.05, 4.69) is 24.5 Å². The third-order valence-electron chi connectivity index (χ3n) is 4.04. The third kappa shape index (κ3) is 9.01. The van der Waals surface area contributed by atoms with Crippen molar-refractivity contribution in [2.24, 2.45) is 5.92 Å². The van der Waals surface area contributed by atoms with Gasteiger partial charge in [0.2, 0.25) is 11.8 Å². The lowest BCUT2D eigenvalue weighted by Crippen LogP contribution is -2.31. The monoisotopic (exact) mass is 318 g/mol. The molecule has 23 heavy (non-hydrogen) atoms. The van der Waals surface area contributed by atoms with E-state index in [-0.39, 0.29) is 24.7 Å². The van der Waals surface area contributed by atoms with E-state index in [9.17, 15) is 9.59 Å². The highest BCUT2D eigenvalue weighted by Gasteiger charge is 2.10. The Hall–Kier alpha value is -1.84. The van der Waals surface area contributed by atoms with E-state index in [1.807, 2.05) is 30.3 Å². The fourth-order valence-corrected chi connectivity index (χ4v) is 2.40. The van der Waals surface area contributed by atoms with Crippen molar-refractivity contribution in [2.45, 2.75) is 58.9 Å². The molecule has 0 fully saturated rings. The Kier molecular flexibility index (Phi) is 9.76. The maximum absolute atomic E-state index is 11.8. The van der Waals surface area contributed by atoms with Crippen molar-refractivity contribution in [3.8, 4) is 0 Å². The molecule has 2 N–H and O–H groups in total. The van der Waals surface area contributed by atoms with E-state index in [4.69, 9.17) is 0 Å². The molecule has 4 heteroatoms. The molecule has 1 atom stereocenters. The van der Waals surface area contributed by atoms with Gasteiger partial charge in [0.05, 0.1) is 0 Å². The molecule has 0 spiro atoms. The fourth-order valence-electron chi connectivity index (χ4n) is 2.40. The van der Waals surface area contributed by atoms with Gasteiger partial charge in [-0.05, 0) is 17.9 Å². The van der Waals surface area contributed by atoms with Crippen LogP contribution in [0, 0.1) is 5.92 Å². The molecule has 4 nitrogen and oxygen atoms in total. The Morgan fingerprint density at radius 1 is 1.00 bits per heavy atom. The number of carbonyl (C=O) groups is 2. The second-order valence-corrected chi connectivity index (χ2v) is 5.98. The Labute approximate surface area is 140 Å². The lowest BCUT2D eigenvalue weighted by atomic mass is 9.99. The molecule has 0 unspecified atom stereocenters. The summed E-state index contributed by atoms with van der Waals surface area (Å²) in [6.45, 7) is 5.57. The molecule has 1 aromatic carbocycles. The minimum atomic E-state index is -0.0815. The van der Waals surface area contributed by atoms with Crippen LogP contribution in [-0.4, -0.2) is 18.4 Å². The molecule has 2 amide bonds. The lowest BCUT2D eigenvalue weighted by molar-refractivity contribution is -0.126. The van der Waals surface area contributed by atoms with Crippen molar-refractivity contribution in [2.75, 3.05) is 6.54 Å². The zero-order chi connectivity index (χ0) is 16.9. The number of rotatable bonds is 11. The van der Waals surface area contributed by atoms with Gasteiger partial charge >= 0.3 is 0 Å². The third-order valence-corrected chi connectivity index (χ3v) is 4.04. The number of unbranched alkanes of at least 4 members (excludes halogenated alkanes) is 1. The molecule has 0 aliphatic heterocycles. The van der Waals surface area contributed by atoms with E-state index in [0.717, 1.165) is 24.9 Å². The zero-order valence-corrected chi connectivity index (χ0v) is 14.4. The van der Waals surface area contributed by atoms with Crippen molar-refractivity contribution >= 4 is 11.8 Å². The Balaban J connectivity index is 2.15. The predicted molar refractivity (Wildman–Crippen MR) is 93.8 cm³/mol. The predicted octanol–water partition coefficient (Wildman–Crippen LogP) is 3.42. The van der Waals surface area contributed by atoms with Gasteiger partial charge in [0, 0.05) is 25.9 Å². The minimum absolute atomic E-state index is 0.0326. The summed E-state index contributed by atoms with van der Waals surface area (Å²) >= 11 is 0. The standard InChI is InChI=1S/C19H30N2O2/c1-3-5-9-16(4-2)14-20-18(22)12-13-19(23)21-15-17-10-7-6-8-11-17/h6-8,10-11,16H,3-5,9,12-15H2,1-2H3,(H,20,22)(H,21,23)/t16-/m0/s1. The molecule has 0 heterocycles. The van der Waals surface area contributed by atoms with E-state index < -0.39 is 0 Å². The molecule has 0 saturated carbocycles. The van der Waals surface area contributed by atoms with Crippen LogP contribution < -0.4 is 10.6 Å². The molecule has 0 saturated heterocycles. The number of benzene rings is 1. The van der Waals surface area contributed by atoms with Crippen LogP contribution >= 0.6 is 0 Å². The number of carbonyl (C=O) groups excluding carboxylic acids is 2. The maximum atomic E-state index is 11.8. The summed E-state index contributed by atoms with van der Waals surface area (Å²) in [6, 6.07) is 9.76. The quantitative estimate of drug-likeness (QED) is 0.657.